The molecule has 2 rings (SSSR count). The molecule has 1 aromatic carbocycles. The molecule has 25 heavy (non-hydrogen) atoms. The maximum atomic E-state index is 12.9. The topological polar surface area (TPSA) is 56.0 Å². The summed E-state index contributed by atoms with van der Waals surface area (Å²) in [6.45, 7) is 1.92. The van der Waals surface area contributed by atoms with Crippen molar-refractivity contribution < 1.29 is 22.1 Å². The number of allylic oxidation sites excluding steroid dienone is 1. The number of thiazole rings is 1. The van der Waals surface area contributed by atoms with Crippen molar-refractivity contribution in [3.05, 3.63) is 52.3 Å². The highest BCUT2D eigenvalue weighted by Crippen LogP contribution is 2.29. The van der Waals surface area contributed by atoms with Gasteiger partial charge < -0.3 is 5.21 Å². The number of hydrogen-bond acceptors (Lipinski definition) is 4. The second-order valence-electron chi connectivity index (χ2n) is 4.89. The lowest BCUT2D eigenvalue weighted by Gasteiger charge is -2.00. The van der Waals surface area contributed by atoms with E-state index in [-0.39, 0.29) is 16.6 Å². The molecule has 0 bridgehead atoms. The summed E-state index contributed by atoms with van der Waals surface area (Å²) in [6, 6.07) is 9.01. The summed E-state index contributed by atoms with van der Waals surface area (Å²) in [5.41, 5.74) is 1.22. The molecule has 2 aromatic rings. The van der Waals surface area contributed by atoms with E-state index < -0.39 is 29.1 Å². The second-order valence-corrected chi connectivity index (χ2v) is 7.66. The number of hydrogen-bond donors (Lipinski definition) is 0. The van der Waals surface area contributed by atoms with Gasteiger partial charge in [0.2, 0.25) is 0 Å². The van der Waals surface area contributed by atoms with Crippen LogP contribution in [0, 0.1) is 5.21 Å². The molecule has 0 fully saturated rings. The highest BCUT2D eigenvalue weighted by Gasteiger charge is 2.19. The van der Waals surface area contributed by atoms with Crippen molar-refractivity contribution in [1.82, 2.24) is 4.98 Å². The van der Waals surface area contributed by atoms with E-state index in [9.17, 15) is 22.6 Å². The van der Waals surface area contributed by atoms with Gasteiger partial charge in [0.25, 0.3) is 0 Å². The van der Waals surface area contributed by atoms with Crippen LogP contribution in [0.15, 0.2) is 46.6 Å². The van der Waals surface area contributed by atoms with E-state index in [0.29, 0.717) is 15.3 Å². The molecular weight excluding hydrogens is 373 g/mol. The van der Waals surface area contributed by atoms with Gasteiger partial charge in [0, 0.05) is 17.7 Å². The molecular formula is C16H15F3N2O2S2. The summed E-state index contributed by atoms with van der Waals surface area (Å²) < 4.78 is 50.2. The van der Waals surface area contributed by atoms with Gasteiger partial charge in [0.15, 0.2) is 22.9 Å². The molecule has 1 heterocycles. The average Bonchev–Trinajstić information content (AvgIpc) is 3.03. The summed E-state index contributed by atoms with van der Waals surface area (Å²) in [4.78, 5) is 4.80. The van der Waals surface area contributed by atoms with Crippen molar-refractivity contribution in [2.75, 3.05) is 12.3 Å². The van der Waals surface area contributed by atoms with Gasteiger partial charge in [0.05, 0.1) is 16.5 Å². The lowest BCUT2D eigenvalue weighted by molar-refractivity contribution is -0.447. The van der Waals surface area contributed by atoms with Gasteiger partial charge in [-0.3, -0.25) is 4.21 Å². The number of rotatable bonds is 7. The predicted molar refractivity (Wildman–Crippen MR) is 93.1 cm³/mol. The zero-order chi connectivity index (χ0) is 18.4. The van der Waals surface area contributed by atoms with E-state index in [4.69, 9.17) is 0 Å². The van der Waals surface area contributed by atoms with Crippen molar-refractivity contribution in [2.24, 2.45) is 0 Å². The summed E-state index contributed by atoms with van der Waals surface area (Å²) in [6.07, 6.45) is -1.68. The van der Waals surface area contributed by atoms with E-state index in [2.05, 4.69) is 4.98 Å². The molecule has 0 aliphatic carbocycles. The molecule has 4 nitrogen and oxygen atoms in total. The van der Waals surface area contributed by atoms with Crippen LogP contribution in [0.25, 0.3) is 11.3 Å². The third kappa shape index (κ3) is 5.23. The smallest absolute Gasteiger partial charge is 0.301 e. The van der Waals surface area contributed by atoms with Gasteiger partial charge in [0.1, 0.15) is 4.88 Å². The van der Waals surface area contributed by atoms with Gasteiger partial charge in [-0.2, -0.15) is 8.78 Å². The Morgan fingerprint density at radius 1 is 1.32 bits per heavy atom. The number of halogens is 3. The van der Waals surface area contributed by atoms with Gasteiger partial charge in [-0.05, 0) is 6.92 Å². The Bertz CT molecular complexity index is 816. The molecule has 0 saturated heterocycles. The Labute approximate surface area is 149 Å². The second kappa shape index (κ2) is 8.91. The first-order chi connectivity index (χ1) is 11.9. The minimum Gasteiger partial charge on any atom is -0.624 e. The minimum atomic E-state index is -2.40. The first kappa shape index (κ1) is 19.3. The fourth-order valence-electron chi connectivity index (χ4n) is 1.89. The van der Waals surface area contributed by atoms with Crippen molar-refractivity contribution in [2.45, 2.75) is 17.7 Å². The molecule has 0 aliphatic rings. The largest absolute Gasteiger partial charge is 0.624 e. The lowest BCUT2D eigenvalue weighted by Crippen LogP contribution is -2.03. The van der Waals surface area contributed by atoms with Crippen LogP contribution in [0.3, 0.4) is 0 Å². The molecule has 0 radical (unpaired) electrons. The Morgan fingerprint density at radius 3 is 2.60 bits per heavy atom. The van der Waals surface area contributed by atoms with E-state index in [0.717, 1.165) is 16.9 Å². The zero-order valence-corrected chi connectivity index (χ0v) is 14.9. The van der Waals surface area contributed by atoms with Crippen LogP contribution in [-0.4, -0.2) is 32.4 Å². The number of hydroxylamine groups is 1. The summed E-state index contributed by atoms with van der Waals surface area (Å²) >= 11 is 1.03. The molecule has 134 valence electrons. The van der Waals surface area contributed by atoms with Crippen molar-refractivity contribution in [3.63, 3.8) is 0 Å². The van der Waals surface area contributed by atoms with E-state index in [1.807, 2.05) is 6.07 Å². The highest BCUT2D eigenvalue weighted by atomic mass is 32.2. The summed E-state index contributed by atoms with van der Waals surface area (Å²) in [5.74, 6) is -1.88. The fourth-order valence-corrected chi connectivity index (χ4v) is 4.26. The van der Waals surface area contributed by atoms with Crippen molar-refractivity contribution in [1.29, 1.82) is 0 Å². The van der Waals surface area contributed by atoms with Crippen LogP contribution in [0.1, 0.15) is 18.2 Å². The minimum absolute atomic E-state index is 0.168. The maximum absolute atomic E-state index is 12.9. The zero-order valence-electron chi connectivity index (χ0n) is 13.2. The quantitative estimate of drug-likeness (QED) is 0.307. The number of benzene rings is 1. The van der Waals surface area contributed by atoms with Crippen LogP contribution < -0.4 is 0 Å². The lowest BCUT2D eigenvalue weighted by atomic mass is 10.1. The molecule has 0 aliphatic heterocycles. The Hall–Kier alpha value is -2.00. The first-order valence-corrected chi connectivity index (χ1v) is 9.48. The Morgan fingerprint density at radius 2 is 2.00 bits per heavy atom. The third-order valence-corrected chi connectivity index (χ3v) is 5.81. The van der Waals surface area contributed by atoms with E-state index in [1.165, 1.54) is 6.21 Å². The predicted octanol–water partition coefficient (Wildman–Crippen LogP) is 4.33. The molecule has 9 heteroatoms. The fraction of sp³-hybridized carbons (Fsp3) is 0.250. The van der Waals surface area contributed by atoms with Crippen LogP contribution >= 0.6 is 11.3 Å². The van der Waals surface area contributed by atoms with Crippen LogP contribution in [0.2, 0.25) is 0 Å². The van der Waals surface area contributed by atoms with Crippen LogP contribution in [-0.2, 0) is 10.8 Å². The molecule has 0 spiro atoms. The third-order valence-electron chi connectivity index (χ3n) is 3.16. The normalized spacial score (nSPS) is 12.9. The van der Waals surface area contributed by atoms with Crippen molar-refractivity contribution in [3.8, 4) is 11.3 Å². The monoisotopic (exact) mass is 388 g/mol. The average molecular weight is 388 g/mol. The summed E-state index contributed by atoms with van der Waals surface area (Å²) in [5, 5.41) is 11.7. The van der Waals surface area contributed by atoms with Gasteiger partial charge in [-0.15, -0.1) is 0 Å². The molecule has 0 amide bonds. The highest BCUT2D eigenvalue weighted by molar-refractivity contribution is 7.87. The van der Waals surface area contributed by atoms with Gasteiger partial charge >= 0.3 is 6.08 Å². The Balaban J connectivity index is 2.34. The van der Waals surface area contributed by atoms with Gasteiger partial charge in [-0.25, -0.2) is 14.1 Å². The number of aromatic nitrogens is 1. The van der Waals surface area contributed by atoms with Crippen LogP contribution in [0.4, 0.5) is 13.2 Å². The van der Waals surface area contributed by atoms with Gasteiger partial charge in [-0.1, -0.05) is 41.7 Å². The molecule has 1 unspecified atom stereocenters. The van der Waals surface area contributed by atoms with Crippen molar-refractivity contribution >= 4 is 28.4 Å². The first-order valence-electron chi connectivity index (χ1n) is 7.35. The molecule has 1 aromatic heterocycles. The standard InChI is InChI=1S/C16H15F3N2O2S2/c1-2-21(22)10-13-14(11-6-4-3-5-7-11)20-16(24-13)25(23)9-8-12(17)15(18)19/h3-7,10H,2,8-9H2,1H3/b21-10-. The molecule has 0 saturated carbocycles. The van der Waals surface area contributed by atoms with Crippen LogP contribution in [0.5, 0.6) is 0 Å². The van der Waals surface area contributed by atoms with E-state index >= 15 is 0 Å². The molecule has 1 atom stereocenters. The summed E-state index contributed by atoms with van der Waals surface area (Å²) in [7, 11) is -1.74. The molecule has 0 N–H and O–H groups in total. The maximum Gasteiger partial charge on any atom is 0.301 e. The van der Waals surface area contributed by atoms with E-state index in [1.54, 1.807) is 31.2 Å². The number of nitrogens with zero attached hydrogens (tertiary/aromatic N) is 2. The Kier molecular flexibility index (Phi) is 6.89. The SMILES string of the molecule is CC/[N+]([O-])=C/c1sc(S(=O)CCC(F)=C(F)F)nc1-c1ccccc1.